The maximum atomic E-state index is 12.1. The van der Waals surface area contributed by atoms with Crippen LogP contribution in [-0.4, -0.2) is 32.2 Å². The number of aromatic nitrogens is 3. The van der Waals surface area contributed by atoms with Crippen LogP contribution in [0.4, 0.5) is 0 Å². The second-order valence-electron chi connectivity index (χ2n) is 5.53. The van der Waals surface area contributed by atoms with Gasteiger partial charge in [-0.2, -0.15) is 0 Å². The first-order chi connectivity index (χ1) is 11.2. The highest BCUT2D eigenvalue weighted by molar-refractivity contribution is 7.99. The number of nitrogens with one attached hydrogen (secondary N) is 2. The van der Waals surface area contributed by atoms with Gasteiger partial charge < -0.3 is 10.3 Å². The highest BCUT2D eigenvalue weighted by atomic mass is 32.2. The predicted molar refractivity (Wildman–Crippen MR) is 88.5 cm³/mol. The van der Waals surface area contributed by atoms with Crippen LogP contribution in [0.3, 0.4) is 0 Å². The molecule has 1 fully saturated rings. The molecule has 6 nitrogen and oxygen atoms in total. The second-order valence-corrected chi connectivity index (χ2v) is 6.79. The summed E-state index contributed by atoms with van der Waals surface area (Å²) in [4.78, 5) is 34.4. The van der Waals surface area contributed by atoms with Gasteiger partial charge in [0.2, 0.25) is 5.56 Å². The van der Waals surface area contributed by atoms with Gasteiger partial charge in [0.1, 0.15) is 5.69 Å². The molecule has 1 amide bonds. The quantitative estimate of drug-likeness (QED) is 0.837. The molecule has 2 heterocycles. The molecule has 0 aliphatic heterocycles. The van der Waals surface area contributed by atoms with Crippen molar-refractivity contribution < 1.29 is 4.79 Å². The highest BCUT2D eigenvalue weighted by Crippen LogP contribution is 2.31. The zero-order chi connectivity index (χ0) is 16.1. The maximum Gasteiger partial charge on any atom is 0.268 e. The molecule has 7 heteroatoms. The van der Waals surface area contributed by atoms with Crippen LogP contribution < -0.4 is 10.9 Å². The van der Waals surface area contributed by atoms with Crippen molar-refractivity contribution in [2.24, 2.45) is 0 Å². The van der Waals surface area contributed by atoms with E-state index in [4.69, 9.17) is 0 Å². The van der Waals surface area contributed by atoms with Crippen LogP contribution in [0.15, 0.2) is 46.6 Å². The molecule has 120 valence electrons. The fourth-order valence-electron chi connectivity index (χ4n) is 2.66. The van der Waals surface area contributed by atoms with E-state index in [1.807, 2.05) is 6.07 Å². The van der Waals surface area contributed by atoms with Crippen molar-refractivity contribution in [1.82, 2.24) is 20.3 Å². The normalized spacial score (nSPS) is 20.9. The Labute approximate surface area is 138 Å². The summed E-state index contributed by atoms with van der Waals surface area (Å²) in [6, 6.07) is 6.56. The fraction of sp³-hybridized carbons (Fsp3) is 0.375. The molecule has 0 bridgehead atoms. The summed E-state index contributed by atoms with van der Waals surface area (Å²) in [5.41, 5.74) is 0.0484. The second kappa shape index (κ2) is 7.41. The van der Waals surface area contributed by atoms with Crippen LogP contribution in [0.5, 0.6) is 0 Å². The SMILES string of the molecule is O=C(NC1CCC(Sc2ncccn2)CC1)c1cccc(=O)[nH]1. The molecule has 0 unspecified atom stereocenters. The average Bonchev–Trinajstić information content (AvgIpc) is 2.57. The summed E-state index contributed by atoms with van der Waals surface area (Å²) in [7, 11) is 0. The van der Waals surface area contributed by atoms with Gasteiger partial charge in [-0.25, -0.2) is 9.97 Å². The van der Waals surface area contributed by atoms with Gasteiger partial charge in [-0.05, 0) is 37.8 Å². The Bertz CT molecular complexity index is 711. The molecule has 0 aromatic carbocycles. The van der Waals surface area contributed by atoms with Crippen molar-refractivity contribution in [3.63, 3.8) is 0 Å². The number of carbonyl (C=O) groups excluding carboxylic acids is 1. The predicted octanol–water partition coefficient (Wildman–Crippen LogP) is 2.00. The number of amides is 1. The average molecular weight is 330 g/mol. The Kier molecular flexibility index (Phi) is 5.07. The molecular formula is C16H18N4O2S. The van der Waals surface area contributed by atoms with E-state index in [-0.39, 0.29) is 17.5 Å². The lowest BCUT2D eigenvalue weighted by Crippen LogP contribution is -2.38. The lowest BCUT2D eigenvalue weighted by molar-refractivity contribution is 0.0923. The Morgan fingerprint density at radius 2 is 1.87 bits per heavy atom. The maximum absolute atomic E-state index is 12.1. The molecule has 2 aromatic heterocycles. The monoisotopic (exact) mass is 330 g/mol. The van der Waals surface area contributed by atoms with Crippen molar-refractivity contribution in [1.29, 1.82) is 0 Å². The number of H-pyrrole nitrogens is 1. The third-order valence-electron chi connectivity index (χ3n) is 3.84. The van der Waals surface area contributed by atoms with Gasteiger partial charge in [-0.1, -0.05) is 17.8 Å². The number of pyridine rings is 1. The Hall–Kier alpha value is -2.15. The molecule has 0 saturated heterocycles. The third kappa shape index (κ3) is 4.41. The summed E-state index contributed by atoms with van der Waals surface area (Å²) >= 11 is 1.70. The zero-order valence-corrected chi connectivity index (χ0v) is 13.4. The summed E-state index contributed by atoms with van der Waals surface area (Å²) in [5, 5.41) is 4.29. The lowest BCUT2D eigenvalue weighted by Gasteiger charge is -2.28. The number of rotatable bonds is 4. The van der Waals surface area contributed by atoms with E-state index < -0.39 is 0 Å². The zero-order valence-electron chi connectivity index (χ0n) is 12.6. The molecule has 0 spiro atoms. The fourth-order valence-corrected chi connectivity index (χ4v) is 3.71. The van der Waals surface area contributed by atoms with Crippen LogP contribution in [0.25, 0.3) is 0 Å². The first-order valence-corrected chi connectivity index (χ1v) is 8.52. The van der Waals surface area contributed by atoms with Crippen LogP contribution in [0, 0.1) is 0 Å². The molecule has 1 aliphatic rings. The first-order valence-electron chi connectivity index (χ1n) is 7.64. The first kappa shape index (κ1) is 15.7. The van der Waals surface area contributed by atoms with E-state index in [1.165, 1.54) is 6.07 Å². The third-order valence-corrected chi connectivity index (χ3v) is 5.06. The van der Waals surface area contributed by atoms with E-state index in [0.29, 0.717) is 10.9 Å². The van der Waals surface area contributed by atoms with Gasteiger partial charge in [0, 0.05) is 29.8 Å². The molecule has 0 radical (unpaired) electrons. The molecule has 0 atom stereocenters. The summed E-state index contributed by atoms with van der Waals surface area (Å²) in [5.74, 6) is -0.217. The molecule has 1 aliphatic carbocycles. The van der Waals surface area contributed by atoms with E-state index in [0.717, 1.165) is 30.8 Å². The summed E-state index contributed by atoms with van der Waals surface area (Å²) < 4.78 is 0. The van der Waals surface area contributed by atoms with Gasteiger partial charge in [-0.3, -0.25) is 9.59 Å². The van der Waals surface area contributed by atoms with Crippen molar-refractivity contribution >= 4 is 17.7 Å². The minimum Gasteiger partial charge on any atom is -0.348 e. The number of aromatic amines is 1. The summed E-state index contributed by atoms with van der Waals surface area (Å²) in [6.07, 6.45) is 7.38. The molecule has 2 aromatic rings. The Morgan fingerprint density at radius 3 is 2.57 bits per heavy atom. The van der Waals surface area contributed by atoms with Crippen LogP contribution in [0.2, 0.25) is 0 Å². The minimum atomic E-state index is -0.263. The van der Waals surface area contributed by atoms with Crippen molar-refractivity contribution in [2.45, 2.75) is 42.1 Å². The molecule has 2 N–H and O–H groups in total. The minimum absolute atomic E-state index is 0.153. The topological polar surface area (TPSA) is 87.7 Å². The van der Waals surface area contributed by atoms with Crippen molar-refractivity contribution in [2.75, 3.05) is 0 Å². The van der Waals surface area contributed by atoms with E-state index in [9.17, 15) is 9.59 Å². The van der Waals surface area contributed by atoms with E-state index >= 15 is 0 Å². The molecule has 3 rings (SSSR count). The highest BCUT2D eigenvalue weighted by Gasteiger charge is 2.24. The van der Waals surface area contributed by atoms with Gasteiger partial charge in [0.25, 0.3) is 5.91 Å². The molecular weight excluding hydrogens is 312 g/mol. The van der Waals surface area contributed by atoms with Crippen LogP contribution in [-0.2, 0) is 0 Å². The summed E-state index contributed by atoms with van der Waals surface area (Å²) in [6.45, 7) is 0. The number of thioether (sulfide) groups is 1. The molecule has 1 saturated carbocycles. The standard InChI is InChI=1S/C16H18N4O2S/c21-14-4-1-3-13(20-14)15(22)19-11-5-7-12(8-6-11)23-16-17-9-2-10-18-16/h1-4,9-12H,5-8H2,(H,19,22)(H,20,21). The Morgan fingerprint density at radius 1 is 1.13 bits per heavy atom. The van der Waals surface area contributed by atoms with Crippen molar-refractivity contribution in [3.8, 4) is 0 Å². The lowest BCUT2D eigenvalue weighted by atomic mass is 9.95. The number of carbonyl (C=O) groups is 1. The van der Waals surface area contributed by atoms with Crippen molar-refractivity contribution in [3.05, 3.63) is 52.7 Å². The number of hydrogen-bond acceptors (Lipinski definition) is 5. The Balaban J connectivity index is 1.49. The van der Waals surface area contributed by atoms with E-state index in [2.05, 4.69) is 20.3 Å². The van der Waals surface area contributed by atoms with Gasteiger partial charge in [0.05, 0.1) is 0 Å². The van der Waals surface area contributed by atoms with E-state index in [1.54, 1.807) is 36.3 Å². The van der Waals surface area contributed by atoms with Gasteiger partial charge in [-0.15, -0.1) is 0 Å². The molecule has 23 heavy (non-hydrogen) atoms. The number of hydrogen-bond donors (Lipinski definition) is 2. The largest absolute Gasteiger partial charge is 0.348 e. The van der Waals surface area contributed by atoms with Gasteiger partial charge >= 0.3 is 0 Å². The van der Waals surface area contributed by atoms with Crippen LogP contribution in [0.1, 0.15) is 36.2 Å². The smallest absolute Gasteiger partial charge is 0.268 e. The van der Waals surface area contributed by atoms with Crippen LogP contribution >= 0.6 is 11.8 Å². The number of nitrogens with zero attached hydrogens (tertiary/aromatic N) is 2. The van der Waals surface area contributed by atoms with Gasteiger partial charge in [0.15, 0.2) is 5.16 Å².